The van der Waals surface area contributed by atoms with Gasteiger partial charge in [-0.1, -0.05) is 18.2 Å². The van der Waals surface area contributed by atoms with Crippen molar-refractivity contribution >= 4 is 34.9 Å². The van der Waals surface area contributed by atoms with Crippen LogP contribution in [-0.2, 0) is 14.3 Å². The number of hydrogen-bond donors (Lipinski definition) is 1. The summed E-state index contributed by atoms with van der Waals surface area (Å²) in [7, 11) is 1.29. The number of carbonyl (C=O) groups excluding carboxylic acids is 4. The number of carbonyl (C=O) groups is 4. The van der Waals surface area contributed by atoms with E-state index >= 15 is 0 Å². The minimum atomic E-state index is -0.758. The Morgan fingerprint density at radius 2 is 1.78 bits per heavy atom. The van der Waals surface area contributed by atoms with Gasteiger partial charge < -0.3 is 10.1 Å². The summed E-state index contributed by atoms with van der Waals surface area (Å²) in [6, 6.07) is 12.2. The van der Waals surface area contributed by atoms with Crippen LogP contribution in [0.3, 0.4) is 0 Å². The Morgan fingerprint density at radius 3 is 2.48 bits per heavy atom. The molecule has 1 aliphatic heterocycles. The molecule has 0 radical (unpaired) electrons. The molecular weight excluding hydrogens is 348 g/mol. The highest BCUT2D eigenvalue weighted by Gasteiger charge is 2.39. The minimum Gasteiger partial charge on any atom is -0.465 e. The Kier molecular flexibility index (Phi) is 5.03. The number of ether oxygens (including phenoxy) is 1. The first kappa shape index (κ1) is 18.3. The molecule has 1 saturated heterocycles. The average molecular weight is 366 g/mol. The van der Waals surface area contributed by atoms with Crippen LogP contribution in [0.25, 0.3) is 0 Å². The SMILES string of the molecule is COC(=O)c1cccc(N[C@H]2CC(=O)N(c3cccc(C(C)=O)c3)C2=O)c1. The van der Waals surface area contributed by atoms with Crippen LogP contribution in [-0.4, -0.2) is 36.7 Å². The maximum absolute atomic E-state index is 12.7. The Hall–Kier alpha value is -3.48. The molecule has 0 aliphatic carbocycles. The number of imide groups is 1. The van der Waals surface area contributed by atoms with E-state index in [1.54, 1.807) is 42.5 Å². The van der Waals surface area contributed by atoms with Crippen LogP contribution in [0.4, 0.5) is 11.4 Å². The molecule has 0 bridgehead atoms. The monoisotopic (exact) mass is 366 g/mol. The number of methoxy groups -OCH3 is 1. The molecule has 0 aromatic heterocycles. The van der Waals surface area contributed by atoms with Gasteiger partial charge in [0.25, 0.3) is 5.91 Å². The zero-order valence-corrected chi connectivity index (χ0v) is 14.9. The molecular formula is C20H18N2O5. The predicted octanol–water partition coefficient (Wildman–Crippen LogP) is 2.42. The molecule has 1 N–H and O–H groups in total. The lowest BCUT2D eigenvalue weighted by Gasteiger charge is -2.17. The van der Waals surface area contributed by atoms with Crippen LogP contribution in [0.1, 0.15) is 34.1 Å². The fourth-order valence-electron chi connectivity index (χ4n) is 2.93. The number of ketones is 1. The lowest BCUT2D eigenvalue weighted by molar-refractivity contribution is -0.121. The van der Waals surface area contributed by atoms with Gasteiger partial charge >= 0.3 is 5.97 Å². The van der Waals surface area contributed by atoms with E-state index in [0.29, 0.717) is 22.5 Å². The number of rotatable bonds is 5. The van der Waals surface area contributed by atoms with Gasteiger partial charge in [-0.25, -0.2) is 9.69 Å². The van der Waals surface area contributed by atoms with E-state index in [-0.39, 0.29) is 18.1 Å². The van der Waals surface area contributed by atoms with Gasteiger partial charge in [-0.2, -0.15) is 0 Å². The number of esters is 1. The van der Waals surface area contributed by atoms with Gasteiger partial charge in [0.15, 0.2) is 5.78 Å². The van der Waals surface area contributed by atoms with E-state index in [1.807, 2.05) is 0 Å². The smallest absolute Gasteiger partial charge is 0.337 e. The first-order chi connectivity index (χ1) is 12.9. The maximum atomic E-state index is 12.7. The molecule has 0 spiro atoms. The standard InChI is InChI=1S/C20H18N2O5/c1-12(23)13-5-4-8-16(10-13)22-18(24)11-17(19(22)25)21-15-7-3-6-14(9-15)20(26)27-2/h3-10,17,21H,11H2,1-2H3/t17-/m0/s1. The summed E-state index contributed by atoms with van der Waals surface area (Å²) in [5.74, 6) is -1.41. The molecule has 27 heavy (non-hydrogen) atoms. The van der Waals surface area contributed by atoms with Gasteiger partial charge in [-0.05, 0) is 37.3 Å². The summed E-state index contributed by atoms with van der Waals surface area (Å²) in [6.07, 6.45) is -0.0222. The summed E-state index contributed by atoms with van der Waals surface area (Å²) in [6.45, 7) is 1.42. The molecule has 138 valence electrons. The molecule has 1 heterocycles. The third-order valence-corrected chi connectivity index (χ3v) is 4.28. The van der Waals surface area contributed by atoms with Crippen molar-refractivity contribution in [2.45, 2.75) is 19.4 Å². The summed E-state index contributed by atoms with van der Waals surface area (Å²) in [4.78, 5) is 49.4. The molecule has 0 unspecified atom stereocenters. The molecule has 0 saturated carbocycles. The Labute approximate surface area is 155 Å². The number of Topliss-reactive ketones (excluding diaryl/α,β-unsaturated/α-hetero) is 1. The molecule has 1 fully saturated rings. The van der Waals surface area contributed by atoms with Gasteiger partial charge in [0.2, 0.25) is 5.91 Å². The Morgan fingerprint density at radius 1 is 1.07 bits per heavy atom. The van der Waals surface area contributed by atoms with Crippen molar-refractivity contribution in [2.75, 3.05) is 17.3 Å². The van der Waals surface area contributed by atoms with Crippen LogP contribution < -0.4 is 10.2 Å². The number of amides is 2. The minimum absolute atomic E-state index is 0.0222. The first-order valence-corrected chi connectivity index (χ1v) is 8.33. The Balaban J connectivity index is 1.81. The number of nitrogens with zero attached hydrogens (tertiary/aromatic N) is 1. The van der Waals surface area contributed by atoms with E-state index in [9.17, 15) is 19.2 Å². The zero-order chi connectivity index (χ0) is 19.6. The third kappa shape index (κ3) is 3.72. The molecule has 3 rings (SSSR count). The molecule has 1 atom stereocenters. The summed E-state index contributed by atoms with van der Waals surface area (Å²) >= 11 is 0. The van der Waals surface area contributed by atoms with Crippen LogP contribution in [0.5, 0.6) is 0 Å². The highest BCUT2D eigenvalue weighted by Crippen LogP contribution is 2.26. The maximum Gasteiger partial charge on any atom is 0.337 e. The van der Waals surface area contributed by atoms with Gasteiger partial charge in [-0.15, -0.1) is 0 Å². The van der Waals surface area contributed by atoms with E-state index < -0.39 is 17.9 Å². The second-order valence-corrected chi connectivity index (χ2v) is 6.15. The van der Waals surface area contributed by atoms with Crippen molar-refractivity contribution in [3.63, 3.8) is 0 Å². The van der Waals surface area contributed by atoms with E-state index in [0.717, 1.165) is 4.90 Å². The zero-order valence-electron chi connectivity index (χ0n) is 14.9. The van der Waals surface area contributed by atoms with Gasteiger partial charge in [0, 0.05) is 11.3 Å². The van der Waals surface area contributed by atoms with E-state index in [1.165, 1.54) is 20.1 Å². The Bertz CT molecular complexity index is 937. The highest BCUT2D eigenvalue weighted by molar-refractivity contribution is 6.23. The van der Waals surface area contributed by atoms with Crippen molar-refractivity contribution < 1.29 is 23.9 Å². The fourth-order valence-corrected chi connectivity index (χ4v) is 2.93. The number of anilines is 2. The average Bonchev–Trinajstić information content (AvgIpc) is 2.94. The summed E-state index contributed by atoms with van der Waals surface area (Å²) in [5.41, 5.74) is 1.66. The second-order valence-electron chi connectivity index (χ2n) is 6.15. The molecule has 2 amide bonds. The fraction of sp³-hybridized carbons (Fsp3) is 0.200. The van der Waals surface area contributed by atoms with Crippen LogP contribution >= 0.6 is 0 Å². The van der Waals surface area contributed by atoms with Gasteiger partial charge in [-0.3, -0.25) is 14.4 Å². The predicted molar refractivity (Wildman–Crippen MR) is 98.7 cm³/mol. The number of hydrogen-bond acceptors (Lipinski definition) is 6. The first-order valence-electron chi connectivity index (χ1n) is 8.33. The lowest BCUT2D eigenvalue weighted by Crippen LogP contribution is -2.34. The van der Waals surface area contributed by atoms with Crippen molar-refractivity contribution in [3.05, 3.63) is 59.7 Å². The van der Waals surface area contributed by atoms with Gasteiger partial charge in [0.1, 0.15) is 6.04 Å². The number of nitrogens with one attached hydrogen (secondary N) is 1. The van der Waals surface area contributed by atoms with E-state index in [4.69, 9.17) is 0 Å². The van der Waals surface area contributed by atoms with Crippen molar-refractivity contribution in [1.82, 2.24) is 0 Å². The highest BCUT2D eigenvalue weighted by atomic mass is 16.5. The van der Waals surface area contributed by atoms with Crippen molar-refractivity contribution in [1.29, 1.82) is 0 Å². The van der Waals surface area contributed by atoms with Gasteiger partial charge in [0.05, 0.1) is 24.8 Å². The third-order valence-electron chi connectivity index (χ3n) is 4.28. The quantitative estimate of drug-likeness (QED) is 0.496. The van der Waals surface area contributed by atoms with Crippen LogP contribution in [0.2, 0.25) is 0 Å². The van der Waals surface area contributed by atoms with Crippen LogP contribution in [0.15, 0.2) is 48.5 Å². The largest absolute Gasteiger partial charge is 0.465 e. The summed E-state index contributed by atoms with van der Waals surface area (Å²) < 4.78 is 4.68. The lowest BCUT2D eigenvalue weighted by atomic mass is 10.1. The molecule has 7 heteroatoms. The summed E-state index contributed by atoms with van der Waals surface area (Å²) in [5, 5.41) is 2.99. The molecule has 1 aliphatic rings. The number of benzene rings is 2. The van der Waals surface area contributed by atoms with E-state index in [2.05, 4.69) is 10.1 Å². The van der Waals surface area contributed by atoms with Crippen LogP contribution in [0, 0.1) is 0 Å². The molecule has 7 nitrogen and oxygen atoms in total. The normalized spacial score (nSPS) is 16.4. The van der Waals surface area contributed by atoms with Crippen molar-refractivity contribution in [3.8, 4) is 0 Å². The topological polar surface area (TPSA) is 92.8 Å². The molecule has 2 aromatic carbocycles. The second kappa shape index (κ2) is 7.41. The molecule has 2 aromatic rings. The van der Waals surface area contributed by atoms with Crippen molar-refractivity contribution in [2.24, 2.45) is 0 Å².